The maximum Gasteiger partial charge on any atom is 0.335 e. The van der Waals surface area contributed by atoms with Gasteiger partial charge in [0.2, 0.25) is 0 Å². The van der Waals surface area contributed by atoms with E-state index in [1.165, 1.54) is 31.4 Å². The van der Waals surface area contributed by atoms with E-state index in [1.54, 1.807) is 12.1 Å². The molecule has 10 heteroatoms. The highest BCUT2D eigenvalue weighted by Crippen LogP contribution is 2.28. The zero-order chi connectivity index (χ0) is 20.4. The van der Waals surface area contributed by atoms with Gasteiger partial charge in [0.25, 0.3) is 17.5 Å². The number of urea groups is 1. The van der Waals surface area contributed by atoms with E-state index in [4.69, 9.17) is 16.3 Å². The molecule has 0 aliphatic carbocycles. The van der Waals surface area contributed by atoms with E-state index in [0.29, 0.717) is 21.2 Å². The molecule has 0 atom stereocenters. The molecule has 1 aliphatic heterocycles. The van der Waals surface area contributed by atoms with Crippen LogP contribution in [0.4, 0.5) is 16.2 Å². The first-order chi connectivity index (χ1) is 13.3. The summed E-state index contributed by atoms with van der Waals surface area (Å²) < 4.78 is 5.19. The Morgan fingerprint density at radius 2 is 1.82 bits per heavy atom. The molecule has 1 aliphatic rings. The lowest BCUT2D eigenvalue weighted by Gasteiger charge is -2.26. The summed E-state index contributed by atoms with van der Waals surface area (Å²) in [6, 6.07) is 8.47. The van der Waals surface area contributed by atoms with E-state index in [-0.39, 0.29) is 16.9 Å². The van der Waals surface area contributed by atoms with Gasteiger partial charge in [0.15, 0.2) is 0 Å². The molecule has 0 radical (unpaired) electrons. The normalized spacial score (nSPS) is 15.6. The maximum absolute atomic E-state index is 12.8. The molecular weight excluding hydrogens is 390 g/mol. The SMILES string of the molecule is COc1ccc(Cl)cc1C=C1C(=O)NC(=O)N(c2ccc([N+](=O)[O-])cc2)C1=O. The summed E-state index contributed by atoms with van der Waals surface area (Å²) in [4.78, 5) is 48.1. The van der Waals surface area contributed by atoms with Crippen molar-refractivity contribution in [3.63, 3.8) is 0 Å². The van der Waals surface area contributed by atoms with Crippen LogP contribution in [0, 0.1) is 10.1 Å². The zero-order valence-electron chi connectivity index (χ0n) is 14.3. The maximum atomic E-state index is 12.8. The topological polar surface area (TPSA) is 119 Å². The van der Waals surface area contributed by atoms with Crippen molar-refractivity contribution in [2.75, 3.05) is 12.0 Å². The second-order valence-corrected chi connectivity index (χ2v) is 6.05. The number of hydrogen-bond acceptors (Lipinski definition) is 6. The summed E-state index contributed by atoms with van der Waals surface area (Å²) >= 11 is 5.96. The highest BCUT2D eigenvalue weighted by molar-refractivity contribution is 6.39. The van der Waals surface area contributed by atoms with Gasteiger partial charge in [-0.05, 0) is 36.4 Å². The summed E-state index contributed by atoms with van der Waals surface area (Å²) in [7, 11) is 1.42. The molecule has 0 spiro atoms. The van der Waals surface area contributed by atoms with Crippen molar-refractivity contribution < 1.29 is 24.0 Å². The van der Waals surface area contributed by atoms with Crippen LogP contribution < -0.4 is 15.0 Å². The lowest BCUT2D eigenvalue weighted by atomic mass is 10.1. The molecule has 1 heterocycles. The molecule has 0 bridgehead atoms. The van der Waals surface area contributed by atoms with E-state index in [0.717, 1.165) is 12.1 Å². The lowest BCUT2D eigenvalue weighted by molar-refractivity contribution is -0.384. The molecule has 0 unspecified atom stereocenters. The number of carbonyl (C=O) groups is 3. The summed E-state index contributed by atoms with van der Waals surface area (Å²) in [5, 5.41) is 13.2. The molecule has 4 amide bonds. The van der Waals surface area contributed by atoms with Crippen molar-refractivity contribution >= 4 is 46.9 Å². The van der Waals surface area contributed by atoms with Crippen LogP contribution in [0.1, 0.15) is 5.56 Å². The number of amides is 4. The first-order valence-corrected chi connectivity index (χ1v) is 8.19. The van der Waals surface area contributed by atoms with Gasteiger partial charge in [-0.15, -0.1) is 0 Å². The minimum atomic E-state index is -0.959. The number of methoxy groups -OCH3 is 1. The Bertz CT molecular complexity index is 1030. The first-order valence-electron chi connectivity index (χ1n) is 7.81. The number of carbonyl (C=O) groups excluding carboxylic acids is 3. The fraction of sp³-hybridized carbons (Fsp3) is 0.0556. The third-order valence-corrected chi connectivity index (χ3v) is 4.15. The fourth-order valence-corrected chi connectivity index (χ4v) is 2.77. The van der Waals surface area contributed by atoms with E-state index in [9.17, 15) is 24.5 Å². The molecule has 9 nitrogen and oxygen atoms in total. The minimum absolute atomic E-state index is 0.0737. The number of ether oxygens (including phenoxy) is 1. The Balaban J connectivity index is 2.03. The van der Waals surface area contributed by atoms with Gasteiger partial charge in [-0.2, -0.15) is 0 Å². The molecule has 142 valence electrons. The average Bonchev–Trinajstić information content (AvgIpc) is 2.65. The van der Waals surface area contributed by atoms with Gasteiger partial charge in [-0.3, -0.25) is 25.0 Å². The van der Waals surface area contributed by atoms with Crippen molar-refractivity contribution in [1.29, 1.82) is 0 Å². The Morgan fingerprint density at radius 3 is 2.43 bits per heavy atom. The number of hydrogen-bond donors (Lipinski definition) is 1. The van der Waals surface area contributed by atoms with Crippen LogP contribution in [0.15, 0.2) is 48.0 Å². The van der Waals surface area contributed by atoms with E-state index in [1.807, 2.05) is 0 Å². The third-order valence-electron chi connectivity index (χ3n) is 3.91. The van der Waals surface area contributed by atoms with Crippen LogP contribution >= 0.6 is 11.6 Å². The van der Waals surface area contributed by atoms with Crippen LogP contribution in [0.5, 0.6) is 5.75 Å². The molecule has 2 aromatic rings. The van der Waals surface area contributed by atoms with E-state index >= 15 is 0 Å². The molecule has 2 aromatic carbocycles. The Kier molecular flexibility index (Phi) is 5.10. The highest BCUT2D eigenvalue weighted by Gasteiger charge is 2.37. The monoisotopic (exact) mass is 401 g/mol. The number of nitrogens with zero attached hydrogens (tertiary/aromatic N) is 2. The number of nitro benzene ring substituents is 1. The van der Waals surface area contributed by atoms with Crippen molar-refractivity contribution in [1.82, 2.24) is 5.32 Å². The number of anilines is 1. The summed E-state index contributed by atoms with van der Waals surface area (Å²) in [6.45, 7) is 0. The predicted molar refractivity (Wildman–Crippen MR) is 100 cm³/mol. The number of nitrogens with one attached hydrogen (secondary N) is 1. The van der Waals surface area contributed by atoms with Crippen molar-refractivity contribution in [3.8, 4) is 5.75 Å². The van der Waals surface area contributed by atoms with Gasteiger partial charge in [-0.1, -0.05) is 11.6 Å². The number of imide groups is 2. The molecule has 28 heavy (non-hydrogen) atoms. The summed E-state index contributed by atoms with van der Waals surface area (Å²) in [6.07, 6.45) is 1.26. The third kappa shape index (κ3) is 3.55. The Hall–Kier alpha value is -3.72. The van der Waals surface area contributed by atoms with Crippen molar-refractivity contribution in [2.45, 2.75) is 0 Å². The summed E-state index contributed by atoms with van der Waals surface area (Å²) in [5.74, 6) is -1.39. The predicted octanol–water partition coefficient (Wildman–Crippen LogP) is 2.92. The second kappa shape index (κ2) is 7.49. The standard InChI is InChI=1S/C18H12ClN3O6/c1-28-15-7-2-11(19)8-10(15)9-14-16(23)20-18(25)21(17(14)24)12-3-5-13(6-4-12)22(26)27/h2-9H,1H3,(H,20,23,25). The van der Waals surface area contributed by atoms with Gasteiger partial charge in [0.05, 0.1) is 17.7 Å². The molecule has 3 rings (SSSR count). The van der Waals surface area contributed by atoms with Gasteiger partial charge in [0.1, 0.15) is 11.3 Å². The van der Waals surface area contributed by atoms with E-state index < -0.39 is 22.8 Å². The number of halogens is 1. The van der Waals surface area contributed by atoms with Gasteiger partial charge in [0, 0.05) is 22.7 Å². The molecular formula is C18H12ClN3O6. The highest BCUT2D eigenvalue weighted by atomic mass is 35.5. The van der Waals surface area contributed by atoms with Gasteiger partial charge >= 0.3 is 6.03 Å². The molecule has 1 N–H and O–H groups in total. The number of rotatable bonds is 4. The number of non-ortho nitro benzene ring substituents is 1. The molecule has 0 saturated carbocycles. The lowest BCUT2D eigenvalue weighted by Crippen LogP contribution is -2.54. The van der Waals surface area contributed by atoms with Crippen molar-refractivity contribution in [3.05, 3.63) is 68.7 Å². The molecule has 1 fully saturated rings. The zero-order valence-corrected chi connectivity index (χ0v) is 15.1. The van der Waals surface area contributed by atoms with Crippen LogP contribution in [-0.2, 0) is 9.59 Å². The Morgan fingerprint density at radius 1 is 1.14 bits per heavy atom. The number of barbiturate groups is 1. The average molecular weight is 402 g/mol. The number of benzene rings is 2. The van der Waals surface area contributed by atoms with Crippen LogP contribution in [0.25, 0.3) is 6.08 Å². The van der Waals surface area contributed by atoms with Crippen LogP contribution in [-0.4, -0.2) is 29.9 Å². The van der Waals surface area contributed by atoms with Crippen LogP contribution in [0.2, 0.25) is 5.02 Å². The quantitative estimate of drug-likeness (QED) is 0.364. The second-order valence-electron chi connectivity index (χ2n) is 5.62. The largest absolute Gasteiger partial charge is 0.496 e. The smallest absolute Gasteiger partial charge is 0.335 e. The van der Waals surface area contributed by atoms with Gasteiger partial charge in [-0.25, -0.2) is 9.69 Å². The van der Waals surface area contributed by atoms with Crippen LogP contribution in [0.3, 0.4) is 0 Å². The fourth-order valence-electron chi connectivity index (χ4n) is 2.59. The Labute approximate surface area is 163 Å². The van der Waals surface area contributed by atoms with Crippen molar-refractivity contribution in [2.24, 2.45) is 0 Å². The minimum Gasteiger partial charge on any atom is -0.496 e. The van der Waals surface area contributed by atoms with E-state index in [2.05, 4.69) is 5.32 Å². The molecule has 0 aromatic heterocycles. The first kappa shape index (κ1) is 19.1. The number of nitro groups is 1. The summed E-state index contributed by atoms with van der Waals surface area (Å²) in [5.41, 5.74) is -0.0845. The molecule has 1 saturated heterocycles. The van der Waals surface area contributed by atoms with Gasteiger partial charge < -0.3 is 4.74 Å².